The topological polar surface area (TPSA) is 58.1 Å². The summed E-state index contributed by atoms with van der Waals surface area (Å²) >= 11 is 1.51. The average Bonchev–Trinajstić information content (AvgIpc) is 2.96. The van der Waals surface area contributed by atoms with Crippen LogP contribution in [0.5, 0.6) is 0 Å². The molecule has 3 rings (SSSR count). The fourth-order valence-electron chi connectivity index (χ4n) is 2.87. The Morgan fingerprint density at radius 1 is 1.55 bits per heavy atom. The Bertz CT molecular complexity index is 628. The molecule has 1 aliphatic heterocycles. The molecule has 0 spiro atoms. The molecule has 1 saturated heterocycles. The van der Waals surface area contributed by atoms with Crippen molar-refractivity contribution in [3.8, 4) is 0 Å². The number of rotatable bonds is 4. The summed E-state index contributed by atoms with van der Waals surface area (Å²) in [5, 5.41) is 5.54. The van der Waals surface area contributed by atoms with Crippen LogP contribution in [0.1, 0.15) is 36.9 Å². The zero-order valence-electron chi connectivity index (χ0n) is 12.7. The van der Waals surface area contributed by atoms with Gasteiger partial charge < -0.3 is 5.32 Å². The standard InChI is InChI=1S/C16H20N4OS/c1-12(21)18-16-19-15(11-22-16)14-5-3-7-20(10-14)9-13-4-2-6-17-8-13/h2,4,6,8,11,14H,3,5,7,9-10H2,1H3,(H,18,19,21). The van der Waals surface area contributed by atoms with Crippen molar-refractivity contribution in [1.82, 2.24) is 14.9 Å². The van der Waals surface area contributed by atoms with Gasteiger partial charge in [-0.25, -0.2) is 4.98 Å². The van der Waals surface area contributed by atoms with Gasteiger partial charge in [-0.3, -0.25) is 14.7 Å². The number of carbonyl (C=O) groups excluding carboxylic acids is 1. The molecule has 0 saturated carbocycles. The van der Waals surface area contributed by atoms with Crippen LogP contribution in [-0.4, -0.2) is 33.9 Å². The van der Waals surface area contributed by atoms with E-state index in [0.717, 1.165) is 31.7 Å². The summed E-state index contributed by atoms with van der Waals surface area (Å²) in [6, 6.07) is 4.10. The fraction of sp³-hybridized carbons (Fsp3) is 0.438. The van der Waals surface area contributed by atoms with Gasteiger partial charge in [-0.1, -0.05) is 6.07 Å². The first-order chi connectivity index (χ1) is 10.7. The number of hydrogen-bond donors (Lipinski definition) is 1. The number of carbonyl (C=O) groups is 1. The second kappa shape index (κ2) is 6.98. The molecule has 3 heterocycles. The van der Waals surface area contributed by atoms with Crippen LogP contribution in [0.2, 0.25) is 0 Å². The van der Waals surface area contributed by atoms with Crippen LogP contribution < -0.4 is 5.32 Å². The first-order valence-electron chi connectivity index (χ1n) is 7.55. The van der Waals surface area contributed by atoms with E-state index in [1.165, 1.54) is 30.2 Å². The average molecular weight is 316 g/mol. The Morgan fingerprint density at radius 3 is 3.23 bits per heavy atom. The highest BCUT2D eigenvalue weighted by molar-refractivity contribution is 7.13. The van der Waals surface area contributed by atoms with Gasteiger partial charge in [0, 0.05) is 43.7 Å². The predicted octanol–water partition coefficient (Wildman–Crippen LogP) is 2.88. The Labute approximate surface area is 134 Å². The lowest BCUT2D eigenvalue weighted by Crippen LogP contribution is -2.34. The zero-order valence-corrected chi connectivity index (χ0v) is 13.5. The molecule has 2 aromatic heterocycles. The lowest BCUT2D eigenvalue weighted by molar-refractivity contribution is -0.114. The van der Waals surface area contributed by atoms with Gasteiger partial charge in [0.25, 0.3) is 0 Å². The van der Waals surface area contributed by atoms with Gasteiger partial charge in [-0.05, 0) is 31.0 Å². The Hall–Kier alpha value is -1.79. The molecule has 0 aliphatic carbocycles. The van der Waals surface area contributed by atoms with Crippen molar-refractivity contribution in [2.24, 2.45) is 0 Å². The van der Waals surface area contributed by atoms with Gasteiger partial charge in [0.1, 0.15) is 0 Å². The SMILES string of the molecule is CC(=O)Nc1nc(C2CCCN(Cc3cccnc3)C2)cs1. The molecule has 116 valence electrons. The van der Waals surface area contributed by atoms with Crippen LogP contribution in [-0.2, 0) is 11.3 Å². The van der Waals surface area contributed by atoms with Crippen molar-refractivity contribution >= 4 is 22.4 Å². The molecule has 22 heavy (non-hydrogen) atoms. The number of nitrogens with zero attached hydrogens (tertiary/aromatic N) is 3. The second-order valence-corrected chi connectivity index (χ2v) is 6.55. The summed E-state index contributed by atoms with van der Waals surface area (Å²) in [6.45, 7) is 4.58. The molecule has 0 aromatic carbocycles. The van der Waals surface area contributed by atoms with Gasteiger partial charge in [-0.2, -0.15) is 0 Å². The summed E-state index contributed by atoms with van der Waals surface area (Å²) in [5.41, 5.74) is 2.35. The fourth-order valence-corrected chi connectivity index (χ4v) is 3.71. The van der Waals surface area contributed by atoms with Crippen LogP contribution in [0.3, 0.4) is 0 Å². The number of thiazole rings is 1. The smallest absolute Gasteiger partial charge is 0.223 e. The quantitative estimate of drug-likeness (QED) is 0.942. The maximum absolute atomic E-state index is 11.1. The lowest BCUT2D eigenvalue weighted by atomic mass is 9.95. The summed E-state index contributed by atoms with van der Waals surface area (Å²) in [7, 11) is 0. The van der Waals surface area contributed by atoms with Crippen LogP contribution >= 0.6 is 11.3 Å². The van der Waals surface area contributed by atoms with Gasteiger partial charge in [0.2, 0.25) is 5.91 Å². The largest absolute Gasteiger partial charge is 0.302 e. The third-order valence-electron chi connectivity index (χ3n) is 3.86. The molecular weight excluding hydrogens is 296 g/mol. The van der Waals surface area contributed by atoms with E-state index >= 15 is 0 Å². The number of aromatic nitrogens is 2. The van der Waals surface area contributed by atoms with Crippen LogP contribution in [0.4, 0.5) is 5.13 Å². The van der Waals surface area contributed by atoms with E-state index in [1.807, 2.05) is 12.3 Å². The van der Waals surface area contributed by atoms with Crippen LogP contribution in [0.15, 0.2) is 29.9 Å². The Morgan fingerprint density at radius 2 is 2.45 bits per heavy atom. The monoisotopic (exact) mass is 316 g/mol. The third kappa shape index (κ3) is 3.90. The molecule has 0 bridgehead atoms. The minimum absolute atomic E-state index is 0.0669. The summed E-state index contributed by atoms with van der Waals surface area (Å²) in [6.07, 6.45) is 6.08. The van der Waals surface area contributed by atoms with Crippen molar-refractivity contribution in [2.45, 2.75) is 32.2 Å². The van der Waals surface area contributed by atoms with E-state index in [9.17, 15) is 4.79 Å². The normalized spacial score (nSPS) is 19.0. The maximum atomic E-state index is 11.1. The molecule has 1 unspecified atom stereocenters. The molecule has 5 nitrogen and oxygen atoms in total. The van der Waals surface area contributed by atoms with Gasteiger partial charge in [0.15, 0.2) is 5.13 Å². The number of hydrogen-bond acceptors (Lipinski definition) is 5. The highest BCUT2D eigenvalue weighted by Crippen LogP contribution is 2.30. The minimum atomic E-state index is -0.0669. The third-order valence-corrected chi connectivity index (χ3v) is 4.63. The van der Waals surface area contributed by atoms with Crippen molar-refractivity contribution in [3.63, 3.8) is 0 Å². The molecule has 1 aliphatic rings. The van der Waals surface area contributed by atoms with Crippen LogP contribution in [0.25, 0.3) is 0 Å². The number of likely N-dealkylation sites (tertiary alicyclic amines) is 1. The summed E-state index contributed by atoms with van der Waals surface area (Å²) in [5.74, 6) is 0.381. The Kier molecular flexibility index (Phi) is 4.80. The second-order valence-electron chi connectivity index (χ2n) is 5.69. The van der Waals surface area contributed by atoms with Gasteiger partial charge in [0.05, 0.1) is 5.69 Å². The van der Waals surface area contributed by atoms with Crippen LogP contribution in [0, 0.1) is 0 Å². The number of amides is 1. The first-order valence-corrected chi connectivity index (χ1v) is 8.43. The van der Waals surface area contributed by atoms with Crippen molar-refractivity contribution in [3.05, 3.63) is 41.2 Å². The molecule has 1 N–H and O–H groups in total. The molecule has 0 radical (unpaired) electrons. The molecule has 6 heteroatoms. The molecule has 1 fully saturated rings. The van der Waals surface area contributed by atoms with Crippen molar-refractivity contribution in [2.75, 3.05) is 18.4 Å². The zero-order chi connectivity index (χ0) is 15.4. The van der Waals surface area contributed by atoms with E-state index < -0.39 is 0 Å². The van der Waals surface area contributed by atoms with E-state index in [0.29, 0.717) is 11.0 Å². The first kappa shape index (κ1) is 15.1. The highest BCUT2D eigenvalue weighted by Gasteiger charge is 2.23. The molecule has 2 aromatic rings. The number of piperidine rings is 1. The number of nitrogens with one attached hydrogen (secondary N) is 1. The van der Waals surface area contributed by atoms with E-state index in [-0.39, 0.29) is 5.91 Å². The Balaban J connectivity index is 1.62. The van der Waals surface area contributed by atoms with Gasteiger partial charge >= 0.3 is 0 Å². The summed E-state index contributed by atoms with van der Waals surface area (Å²) < 4.78 is 0. The maximum Gasteiger partial charge on any atom is 0.223 e. The minimum Gasteiger partial charge on any atom is -0.302 e. The van der Waals surface area contributed by atoms with E-state index in [2.05, 4.69) is 31.6 Å². The highest BCUT2D eigenvalue weighted by atomic mass is 32.1. The summed E-state index contributed by atoms with van der Waals surface area (Å²) in [4.78, 5) is 22.3. The molecular formula is C16H20N4OS. The number of pyridine rings is 1. The number of anilines is 1. The van der Waals surface area contributed by atoms with Crippen molar-refractivity contribution < 1.29 is 4.79 Å². The predicted molar refractivity (Wildman–Crippen MR) is 87.9 cm³/mol. The lowest BCUT2D eigenvalue weighted by Gasteiger charge is -2.31. The van der Waals surface area contributed by atoms with Crippen molar-refractivity contribution in [1.29, 1.82) is 0 Å². The van der Waals surface area contributed by atoms with E-state index in [4.69, 9.17) is 0 Å². The van der Waals surface area contributed by atoms with Gasteiger partial charge in [-0.15, -0.1) is 11.3 Å². The molecule has 1 amide bonds. The molecule has 1 atom stereocenters. The van der Waals surface area contributed by atoms with E-state index in [1.54, 1.807) is 6.20 Å².